The average Bonchev–Trinajstić information content (AvgIpc) is 2.68. The fraction of sp³-hybridized carbons (Fsp3) is 0.700. The van der Waals surface area contributed by atoms with Crippen molar-refractivity contribution in [1.29, 1.82) is 0 Å². The monoisotopic (exact) mass is 359 g/mol. The maximum absolute atomic E-state index is 12.5. The number of nitrogens with one attached hydrogen (secondary N) is 1. The van der Waals surface area contributed by atoms with Gasteiger partial charge in [-0.1, -0.05) is 19.3 Å². The van der Waals surface area contributed by atoms with Crippen molar-refractivity contribution in [3.05, 3.63) is 23.9 Å². The highest BCUT2D eigenvalue weighted by Crippen LogP contribution is 2.38. The molecule has 1 saturated heterocycles. The van der Waals surface area contributed by atoms with Crippen molar-refractivity contribution in [2.24, 2.45) is 11.1 Å². The molecule has 1 saturated carbocycles. The average molecular weight is 360 g/mol. The summed E-state index contributed by atoms with van der Waals surface area (Å²) >= 11 is 0. The van der Waals surface area contributed by atoms with Crippen molar-refractivity contribution in [3.63, 3.8) is 0 Å². The van der Waals surface area contributed by atoms with Crippen LogP contribution in [0.2, 0.25) is 0 Å². The van der Waals surface area contributed by atoms with Crippen LogP contribution in [0, 0.1) is 5.41 Å². The Hall–Kier alpha value is -1.66. The quantitative estimate of drug-likeness (QED) is 0.809. The molecule has 0 radical (unpaired) electrons. The minimum Gasteiger partial charge on any atom is -0.354 e. The van der Waals surface area contributed by atoms with Crippen molar-refractivity contribution in [2.45, 2.75) is 45.1 Å². The molecular formula is C20H33N5O. The second kappa shape index (κ2) is 8.82. The summed E-state index contributed by atoms with van der Waals surface area (Å²) < 4.78 is 0. The van der Waals surface area contributed by atoms with Crippen LogP contribution >= 0.6 is 0 Å². The summed E-state index contributed by atoms with van der Waals surface area (Å²) in [5.41, 5.74) is 7.13. The molecule has 0 spiro atoms. The lowest BCUT2D eigenvalue weighted by Gasteiger charge is -2.35. The lowest BCUT2D eigenvalue weighted by Crippen LogP contribution is -2.44. The van der Waals surface area contributed by atoms with Crippen molar-refractivity contribution in [2.75, 3.05) is 44.7 Å². The summed E-state index contributed by atoms with van der Waals surface area (Å²) in [5.74, 6) is 1.13. The number of likely N-dealkylation sites (N-methyl/N-ethyl adjacent to an activating group) is 1. The molecule has 0 unspecified atom stereocenters. The number of nitrogens with two attached hydrogens (primary N) is 1. The number of piperazine rings is 1. The second-order valence-corrected chi connectivity index (χ2v) is 8.03. The van der Waals surface area contributed by atoms with Gasteiger partial charge >= 0.3 is 0 Å². The Labute approximate surface area is 157 Å². The maximum atomic E-state index is 12.5. The van der Waals surface area contributed by atoms with Crippen molar-refractivity contribution in [1.82, 2.24) is 15.2 Å². The molecule has 1 amide bonds. The molecule has 3 N–H and O–H groups in total. The normalized spacial score (nSPS) is 20.8. The van der Waals surface area contributed by atoms with Gasteiger partial charge in [0, 0.05) is 45.3 Å². The van der Waals surface area contributed by atoms with Gasteiger partial charge in [-0.25, -0.2) is 4.98 Å². The van der Waals surface area contributed by atoms with Gasteiger partial charge < -0.3 is 20.9 Å². The lowest BCUT2D eigenvalue weighted by atomic mass is 9.71. The van der Waals surface area contributed by atoms with E-state index in [4.69, 9.17) is 5.73 Å². The third-order valence-corrected chi connectivity index (χ3v) is 6.01. The van der Waals surface area contributed by atoms with E-state index >= 15 is 0 Å². The Morgan fingerprint density at radius 3 is 2.65 bits per heavy atom. The van der Waals surface area contributed by atoms with Crippen LogP contribution in [0.4, 0.5) is 5.82 Å². The molecule has 6 heteroatoms. The third-order valence-electron chi connectivity index (χ3n) is 6.01. The summed E-state index contributed by atoms with van der Waals surface area (Å²) in [6.45, 7) is 5.29. The van der Waals surface area contributed by atoms with Gasteiger partial charge in [0.15, 0.2) is 0 Å². The van der Waals surface area contributed by atoms with Gasteiger partial charge in [-0.2, -0.15) is 0 Å². The first-order valence-corrected chi connectivity index (χ1v) is 9.95. The summed E-state index contributed by atoms with van der Waals surface area (Å²) in [4.78, 5) is 21.6. The van der Waals surface area contributed by atoms with E-state index in [0.29, 0.717) is 19.5 Å². The van der Waals surface area contributed by atoms with Crippen molar-refractivity contribution in [3.8, 4) is 0 Å². The van der Waals surface area contributed by atoms with Gasteiger partial charge in [-0.05, 0) is 49.5 Å². The van der Waals surface area contributed by atoms with Crippen LogP contribution in [-0.4, -0.2) is 55.6 Å². The number of anilines is 1. The van der Waals surface area contributed by atoms with E-state index in [2.05, 4.69) is 33.2 Å². The van der Waals surface area contributed by atoms with Gasteiger partial charge in [0.2, 0.25) is 5.91 Å². The zero-order chi connectivity index (χ0) is 18.4. The topological polar surface area (TPSA) is 74.5 Å². The minimum absolute atomic E-state index is 0.0194. The second-order valence-electron chi connectivity index (χ2n) is 8.03. The molecule has 2 aliphatic rings. The molecule has 26 heavy (non-hydrogen) atoms. The Kier molecular flexibility index (Phi) is 6.48. The highest BCUT2D eigenvalue weighted by atomic mass is 16.1. The van der Waals surface area contributed by atoms with E-state index in [1.807, 2.05) is 12.3 Å². The fourth-order valence-corrected chi connectivity index (χ4v) is 4.14. The number of aromatic nitrogens is 1. The SMILES string of the molecule is CN1CCN(c2cc(CNC(=O)CC3(CN)CCCCC3)ccn2)CC1. The fourth-order valence-electron chi connectivity index (χ4n) is 4.14. The maximum Gasteiger partial charge on any atom is 0.220 e. The largest absolute Gasteiger partial charge is 0.354 e. The van der Waals surface area contributed by atoms with Crippen LogP contribution in [0.5, 0.6) is 0 Å². The van der Waals surface area contributed by atoms with Gasteiger partial charge in [-0.3, -0.25) is 4.79 Å². The van der Waals surface area contributed by atoms with Gasteiger partial charge in [0.05, 0.1) is 0 Å². The highest BCUT2D eigenvalue weighted by Gasteiger charge is 2.32. The number of carbonyl (C=O) groups is 1. The van der Waals surface area contributed by atoms with E-state index in [0.717, 1.165) is 50.4 Å². The first-order chi connectivity index (χ1) is 12.6. The Balaban J connectivity index is 1.52. The highest BCUT2D eigenvalue weighted by molar-refractivity contribution is 5.76. The van der Waals surface area contributed by atoms with E-state index in [-0.39, 0.29) is 11.3 Å². The van der Waals surface area contributed by atoms with Crippen LogP contribution < -0.4 is 16.0 Å². The number of hydrogen-bond donors (Lipinski definition) is 2. The summed E-state index contributed by atoms with van der Waals surface area (Å²) in [6.07, 6.45) is 8.24. The number of nitrogens with zero attached hydrogens (tertiary/aromatic N) is 3. The molecule has 2 heterocycles. The molecule has 3 rings (SSSR count). The standard InChI is InChI=1S/C20H33N5O/c1-24-9-11-25(12-10-24)18-13-17(5-8-22-18)15-23-19(26)14-20(16-21)6-3-2-4-7-20/h5,8,13H,2-4,6-7,9-12,14-16,21H2,1H3,(H,23,26). The zero-order valence-electron chi connectivity index (χ0n) is 16.0. The Bertz CT molecular complexity index is 592. The number of amides is 1. The first-order valence-electron chi connectivity index (χ1n) is 9.95. The molecule has 1 aliphatic heterocycles. The lowest BCUT2D eigenvalue weighted by molar-refractivity contribution is -0.124. The van der Waals surface area contributed by atoms with Crippen LogP contribution in [-0.2, 0) is 11.3 Å². The minimum atomic E-state index is 0.0194. The summed E-state index contributed by atoms with van der Waals surface area (Å²) in [5, 5.41) is 3.09. The van der Waals surface area contributed by atoms with Gasteiger partial charge in [0.25, 0.3) is 0 Å². The number of hydrogen-bond acceptors (Lipinski definition) is 5. The molecule has 1 aromatic rings. The number of carbonyl (C=O) groups excluding carboxylic acids is 1. The molecule has 6 nitrogen and oxygen atoms in total. The van der Waals surface area contributed by atoms with Crippen LogP contribution in [0.25, 0.3) is 0 Å². The molecule has 1 aromatic heterocycles. The smallest absolute Gasteiger partial charge is 0.220 e. The van der Waals surface area contributed by atoms with E-state index in [9.17, 15) is 4.79 Å². The summed E-state index contributed by atoms with van der Waals surface area (Å²) in [6, 6.07) is 4.09. The van der Waals surface area contributed by atoms with Crippen molar-refractivity contribution < 1.29 is 4.79 Å². The van der Waals surface area contributed by atoms with Crippen molar-refractivity contribution >= 4 is 11.7 Å². The van der Waals surface area contributed by atoms with E-state index < -0.39 is 0 Å². The van der Waals surface area contributed by atoms with Crippen LogP contribution in [0.3, 0.4) is 0 Å². The zero-order valence-corrected chi connectivity index (χ0v) is 16.0. The predicted molar refractivity (Wildman–Crippen MR) is 105 cm³/mol. The number of pyridine rings is 1. The first kappa shape index (κ1) is 19.1. The molecule has 0 atom stereocenters. The third kappa shape index (κ3) is 4.95. The Morgan fingerprint density at radius 1 is 1.23 bits per heavy atom. The molecular weight excluding hydrogens is 326 g/mol. The molecule has 0 bridgehead atoms. The van der Waals surface area contributed by atoms with Crippen LogP contribution in [0.15, 0.2) is 18.3 Å². The molecule has 144 valence electrons. The molecule has 0 aromatic carbocycles. The van der Waals surface area contributed by atoms with E-state index in [1.54, 1.807) is 0 Å². The number of rotatable bonds is 6. The van der Waals surface area contributed by atoms with Crippen LogP contribution in [0.1, 0.15) is 44.1 Å². The summed E-state index contributed by atoms with van der Waals surface area (Å²) in [7, 11) is 2.15. The van der Waals surface area contributed by atoms with Gasteiger partial charge in [0.1, 0.15) is 5.82 Å². The molecule has 2 fully saturated rings. The van der Waals surface area contributed by atoms with E-state index in [1.165, 1.54) is 19.3 Å². The predicted octanol–water partition coefficient (Wildman–Crippen LogP) is 1.75. The Morgan fingerprint density at radius 2 is 1.96 bits per heavy atom. The molecule has 1 aliphatic carbocycles. The van der Waals surface area contributed by atoms with Gasteiger partial charge in [-0.15, -0.1) is 0 Å².